The second kappa shape index (κ2) is 6.92. The third-order valence-electron chi connectivity index (χ3n) is 4.37. The van der Waals surface area contributed by atoms with Crippen LogP contribution < -0.4 is 10.1 Å². The molecular weight excluding hydrogens is 340 g/mol. The summed E-state index contributed by atoms with van der Waals surface area (Å²) in [7, 11) is 1.60. The van der Waals surface area contributed by atoms with Crippen LogP contribution in [0.15, 0.2) is 67.1 Å². The molecular formula is C21H18N4O2. The minimum absolute atomic E-state index is 0.172. The highest BCUT2D eigenvalue weighted by atomic mass is 16.5. The lowest BCUT2D eigenvalue weighted by atomic mass is 10.1. The van der Waals surface area contributed by atoms with Crippen molar-refractivity contribution in [3.05, 3.63) is 78.2 Å². The number of nitrogens with one attached hydrogen (secondary N) is 1. The summed E-state index contributed by atoms with van der Waals surface area (Å²) in [6, 6.07) is 14.7. The zero-order valence-electron chi connectivity index (χ0n) is 15.0. The molecule has 0 aliphatic rings. The van der Waals surface area contributed by atoms with E-state index in [1.807, 2.05) is 48.0 Å². The van der Waals surface area contributed by atoms with Gasteiger partial charge in [0.25, 0.3) is 5.91 Å². The highest BCUT2D eigenvalue weighted by Gasteiger charge is 2.11. The number of fused-ring (bicyclic) bond motifs is 1. The summed E-state index contributed by atoms with van der Waals surface area (Å²) in [5, 5.41) is 2.98. The van der Waals surface area contributed by atoms with E-state index in [2.05, 4.69) is 15.3 Å². The molecule has 2 aromatic heterocycles. The van der Waals surface area contributed by atoms with E-state index in [4.69, 9.17) is 4.74 Å². The Bertz CT molecular complexity index is 1080. The molecule has 0 spiro atoms. The second-order valence-electron chi connectivity index (χ2n) is 6.17. The lowest BCUT2D eigenvalue weighted by molar-refractivity contribution is 0.102. The maximum atomic E-state index is 12.6. The molecule has 0 atom stereocenters. The third kappa shape index (κ3) is 3.37. The minimum Gasteiger partial charge on any atom is -0.497 e. The fourth-order valence-corrected chi connectivity index (χ4v) is 2.82. The first-order chi connectivity index (χ1) is 13.1. The molecule has 0 saturated heterocycles. The van der Waals surface area contributed by atoms with Gasteiger partial charge in [0.1, 0.15) is 5.75 Å². The van der Waals surface area contributed by atoms with Gasteiger partial charge in [0.05, 0.1) is 12.8 Å². The van der Waals surface area contributed by atoms with E-state index in [1.165, 1.54) is 0 Å². The number of hydrogen-bond acceptors (Lipinski definition) is 4. The summed E-state index contributed by atoms with van der Waals surface area (Å²) in [4.78, 5) is 21.3. The topological polar surface area (TPSA) is 68.5 Å². The number of hydrogen-bond donors (Lipinski definition) is 1. The molecule has 0 bridgehead atoms. The zero-order chi connectivity index (χ0) is 18.8. The van der Waals surface area contributed by atoms with Crippen LogP contribution in [0, 0.1) is 6.92 Å². The zero-order valence-corrected chi connectivity index (χ0v) is 15.0. The highest BCUT2D eigenvalue weighted by molar-refractivity contribution is 6.05. The van der Waals surface area contributed by atoms with Gasteiger partial charge < -0.3 is 10.1 Å². The fraction of sp³-hybridized carbons (Fsp3) is 0.0952. The van der Waals surface area contributed by atoms with Gasteiger partial charge >= 0.3 is 0 Å². The first kappa shape index (κ1) is 16.8. The average molecular weight is 358 g/mol. The van der Waals surface area contributed by atoms with Gasteiger partial charge in [0.2, 0.25) is 5.78 Å². The molecule has 134 valence electrons. The number of aromatic nitrogens is 3. The monoisotopic (exact) mass is 358 g/mol. The van der Waals surface area contributed by atoms with E-state index in [9.17, 15) is 4.79 Å². The standard InChI is InChI=1S/C21H18N4O2/c1-14-4-5-16(19-13-25-11-3-10-22-21(25)24-19)12-18(14)23-20(26)15-6-8-17(27-2)9-7-15/h3-13H,1-2H3,(H,23,26). The summed E-state index contributed by atoms with van der Waals surface area (Å²) in [6.45, 7) is 1.96. The number of imidazole rings is 1. The minimum atomic E-state index is -0.172. The molecule has 0 fully saturated rings. The van der Waals surface area contributed by atoms with Crippen LogP contribution in [-0.4, -0.2) is 27.4 Å². The summed E-state index contributed by atoms with van der Waals surface area (Å²) >= 11 is 0. The SMILES string of the molecule is COc1ccc(C(=O)Nc2cc(-c3cn4cccnc4n3)ccc2C)cc1. The highest BCUT2D eigenvalue weighted by Crippen LogP contribution is 2.25. The van der Waals surface area contributed by atoms with Crippen LogP contribution in [0.25, 0.3) is 17.0 Å². The molecule has 0 aliphatic carbocycles. The van der Waals surface area contributed by atoms with E-state index < -0.39 is 0 Å². The van der Waals surface area contributed by atoms with Crippen LogP contribution in [0.5, 0.6) is 5.75 Å². The van der Waals surface area contributed by atoms with Crippen molar-refractivity contribution < 1.29 is 9.53 Å². The third-order valence-corrected chi connectivity index (χ3v) is 4.37. The molecule has 4 rings (SSSR count). The molecule has 2 heterocycles. The van der Waals surface area contributed by atoms with E-state index in [1.54, 1.807) is 37.6 Å². The van der Waals surface area contributed by atoms with Crippen LogP contribution in [-0.2, 0) is 0 Å². The number of aryl methyl sites for hydroxylation is 1. The van der Waals surface area contributed by atoms with Crippen LogP contribution in [0.1, 0.15) is 15.9 Å². The van der Waals surface area contributed by atoms with Gasteiger partial charge in [-0.15, -0.1) is 0 Å². The summed E-state index contributed by atoms with van der Waals surface area (Å²) in [5.74, 6) is 1.18. The van der Waals surface area contributed by atoms with Gasteiger partial charge in [0.15, 0.2) is 0 Å². The van der Waals surface area contributed by atoms with Crippen LogP contribution in [0.4, 0.5) is 5.69 Å². The summed E-state index contributed by atoms with van der Waals surface area (Å²) in [6.07, 6.45) is 5.53. The van der Waals surface area contributed by atoms with Gasteiger partial charge in [-0.2, -0.15) is 0 Å². The number of benzene rings is 2. The Balaban J connectivity index is 1.62. The van der Waals surface area contributed by atoms with Gasteiger partial charge in [-0.1, -0.05) is 12.1 Å². The molecule has 1 amide bonds. The molecule has 6 nitrogen and oxygen atoms in total. The van der Waals surface area contributed by atoms with Gasteiger partial charge in [0, 0.05) is 35.4 Å². The Hall–Kier alpha value is -3.67. The predicted octanol–water partition coefficient (Wildman–Crippen LogP) is 3.97. The van der Waals surface area contributed by atoms with Crippen molar-refractivity contribution in [1.29, 1.82) is 0 Å². The van der Waals surface area contributed by atoms with E-state index >= 15 is 0 Å². The second-order valence-corrected chi connectivity index (χ2v) is 6.17. The molecule has 0 aliphatic heterocycles. The maximum Gasteiger partial charge on any atom is 0.255 e. The molecule has 2 aromatic carbocycles. The Morgan fingerprint density at radius 2 is 1.96 bits per heavy atom. The first-order valence-electron chi connectivity index (χ1n) is 8.50. The fourth-order valence-electron chi connectivity index (χ4n) is 2.82. The molecule has 0 saturated carbocycles. The van der Waals surface area contributed by atoms with Crippen molar-refractivity contribution in [2.24, 2.45) is 0 Å². The number of amides is 1. The lowest BCUT2D eigenvalue weighted by Crippen LogP contribution is -2.12. The van der Waals surface area contributed by atoms with Gasteiger partial charge in [-0.25, -0.2) is 9.97 Å². The van der Waals surface area contributed by atoms with Crippen LogP contribution in [0.2, 0.25) is 0 Å². The Morgan fingerprint density at radius 3 is 2.70 bits per heavy atom. The predicted molar refractivity (Wildman–Crippen MR) is 104 cm³/mol. The number of nitrogens with zero attached hydrogens (tertiary/aromatic N) is 3. The largest absolute Gasteiger partial charge is 0.497 e. The molecule has 27 heavy (non-hydrogen) atoms. The van der Waals surface area contributed by atoms with E-state index in [0.717, 1.165) is 22.5 Å². The molecule has 0 radical (unpaired) electrons. The number of carbonyl (C=O) groups is 1. The van der Waals surface area contributed by atoms with E-state index in [-0.39, 0.29) is 5.91 Å². The van der Waals surface area contributed by atoms with Crippen molar-refractivity contribution >= 4 is 17.4 Å². The Labute approximate surface area is 156 Å². The van der Waals surface area contributed by atoms with Crippen molar-refractivity contribution in [3.8, 4) is 17.0 Å². The molecule has 4 aromatic rings. The number of rotatable bonds is 4. The first-order valence-corrected chi connectivity index (χ1v) is 8.50. The number of carbonyl (C=O) groups excluding carboxylic acids is 1. The van der Waals surface area contributed by atoms with Gasteiger partial charge in [-0.05, 0) is 48.9 Å². The maximum absolute atomic E-state index is 12.6. The van der Waals surface area contributed by atoms with Gasteiger partial charge in [-0.3, -0.25) is 9.20 Å². The van der Waals surface area contributed by atoms with Crippen molar-refractivity contribution in [1.82, 2.24) is 14.4 Å². The molecule has 6 heteroatoms. The normalized spacial score (nSPS) is 10.7. The van der Waals surface area contributed by atoms with E-state index in [0.29, 0.717) is 17.1 Å². The Morgan fingerprint density at radius 1 is 1.15 bits per heavy atom. The van der Waals surface area contributed by atoms with Crippen molar-refractivity contribution in [2.75, 3.05) is 12.4 Å². The number of ether oxygens (including phenoxy) is 1. The molecule has 0 unspecified atom stereocenters. The summed E-state index contributed by atoms with van der Waals surface area (Å²) in [5.41, 5.74) is 4.00. The Kier molecular flexibility index (Phi) is 4.30. The van der Waals surface area contributed by atoms with Crippen LogP contribution >= 0.6 is 0 Å². The number of methoxy groups -OCH3 is 1. The van der Waals surface area contributed by atoms with Crippen molar-refractivity contribution in [2.45, 2.75) is 6.92 Å². The van der Waals surface area contributed by atoms with Crippen molar-refractivity contribution in [3.63, 3.8) is 0 Å². The van der Waals surface area contributed by atoms with Crippen LogP contribution in [0.3, 0.4) is 0 Å². The quantitative estimate of drug-likeness (QED) is 0.599. The smallest absolute Gasteiger partial charge is 0.255 e. The number of anilines is 1. The average Bonchev–Trinajstić information content (AvgIpc) is 3.14. The lowest BCUT2D eigenvalue weighted by Gasteiger charge is -2.10. The summed E-state index contributed by atoms with van der Waals surface area (Å²) < 4.78 is 7.00. The molecule has 1 N–H and O–H groups in total.